The van der Waals surface area contributed by atoms with Gasteiger partial charge in [0.25, 0.3) is 0 Å². The molecule has 0 unspecified atom stereocenters. The Kier molecular flexibility index (Phi) is 10.7. The molecule has 0 aliphatic carbocycles. The highest BCUT2D eigenvalue weighted by atomic mass is 35.5. The SMILES string of the molecule is CC(C)CNC(=O)[C@H](C)N(Cc1ccc(Cl)cc1Cl)C(=O)CN(c1cc(C(F)(F)F)ccc1Cl)S(C)(=O)=O. The van der Waals surface area contributed by atoms with Crippen LogP contribution in [0.1, 0.15) is 31.9 Å². The molecule has 0 aromatic heterocycles. The minimum atomic E-state index is -4.78. The Hall–Kier alpha value is -2.21. The van der Waals surface area contributed by atoms with Crippen LogP contribution < -0.4 is 9.62 Å². The van der Waals surface area contributed by atoms with E-state index in [2.05, 4.69) is 5.32 Å². The Morgan fingerprint density at radius 2 is 1.63 bits per heavy atom. The Morgan fingerprint density at radius 3 is 2.16 bits per heavy atom. The standard InChI is InChI=1S/C24H27Cl3F3N3O4S/c1-14(2)11-31-23(35)15(3)32(12-16-5-7-18(25)10-20(16)27)22(34)13-33(38(4,36)37)21-9-17(24(28,29)30)6-8-19(21)26/h5-10,14-15H,11-13H2,1-4H3,(H,31,35)/t15-/m0/s1. The zero-order chi connectivity index (χ0) is 29.0. The maximum Gasteiger partial charge on any atom is 0.416 e. The smallest absolute Gasteiger partial charge is 0.354 e. The van der Waals surface area contributed by atoms with Crippen LogP contribution in [0.3, 0.4) is 0 Å². The van der Waals surface area contributed by atoms with Gasteiger partial charge in [0.1, 0.15) is 12.6 Å². The third-order valence-corrected chi connectivity index (χ3v) is 7.46. The van der Waals surface area contributed by atoms with Crippen molar-refractivity contribution in [3.8, 4) is 0 Å². The Bertz CT molecular complexity index is 1290. The highest BCUT2D eigenvalue weighted by molar-refractivity contribution is 7.92. The quantitative estimate of drug-likeness (QED) is 0.376. The van der Waals surface area contributed by atoms with Crippen molar-refractivity contribution in [2.24, 2.45) is 5.92 Å². The van der Waals surface area contributed by atoms with Crippen LogP contribution in [0.2, 0.25) is 15.1 Å². The van der Waals surface area contributed by atoms with E-state index in [0.29, 0.717) is 33.6 Å². The number of carbonyl (C=O) groups is 2. The van der Waals surface area contributed by atoms with Crippen molar-refractivity contribution in [1.82, 2.24) is 10.2 Å². The number of anilines is 1. The second-order valence-corrected chi connectivity index (χ2v) is 12.2. The number of hydrogen-bond acceptors (Lipinski definition) is 4. The van der Waals surface area contributed by atoms with E-state index in [1.165, 1.54) is 19.1 Å². The number of nitrogens with one attached hydrogen (secondary N) is 1. The van der Waals surface area contributed by atoms with E-state index < -0.39 is 51.9 Å². The molecule has 38 heavy (non-hydrogen) atoms. The molecule has 1 N–H and O–H groups in total. The summed E-state index contributed by atoms with van der Waals surface area (Å²) in [5.74, 6) is -1.27. The van der Waals surface area contributed by atoms with Gasteiger partial charge in [-0.1, -0.05) is 54.7 Å². The summed E-state index contributed by atoms with van der Waals surface area (Å²) in [6, 6.07) is 5.57. The number of benzene rings is 2. The molecular formula is C24H27Cl3F3N3O4S. The van der Waals surface area contributed by atoms with E-state index in [0.717, 1.165) is 17.2 Å². The first-order valence-electron chi connectivity index (χ1n) is 11.3. The Balaban J connectivity index is 2.51. The number of carbonyl (C=O) groups excluding carboxylic acids is 2. The summed E-state index contributed by atoms with van der Waals surface area (Å²) in [7, 11) is -4.30. The van der Waals surface area contributed by atoms with E-state index in [1.807, 2.05) is 13.8 Å². The largest absolute Gasteiger partial charge is 0.416 e. The zero-order valence-electron chi connectivity index (χ0n) is 20.9. The van der Waals surface area contributed by atoms with Crippen LogP contribution in [0.15, 0.2) is 36.4 Å². The molecule has 0 bridgehead atoms. The highest BCUT2D eigenvalue weighted by Crippen LogP contribution is 2.36. The summed E-state index contributed by atoms with van der Waals surface area (Å²) in [5, 5.41) is 2.93. The molecule has 0 aliphatic rings. The second-order valence-electron chi connectivity index (χ2n) is 9.01. The van der Waals surface area contributed by atoms with Crippen molar-refractivity contribution in [3.05, 3.63) is 62.6 Å². The molecule has 0 heterocycles. The topological polar surface area (TPSA) is 86.8 Å². The van der Waals surface area contributed by atoms with Gasteiger partial charge >= 0.3 is 6.18 Å². The molecule has 2 rings (SSSR count). The number of hydrogen-bond donors (Lipinski definition) is 1. The van der Waals surface area contributed by atoms with E-state index in [4.69, 9.17) is 34.8 Å². The van der Waals surface area contributed by atoms with Crippen molar-refractivity contribution in [3.63, 3.8) is 0 Å². The first-order chi connectivity index (χ1) is 17.4. The molecule has 14 heteroatoms. The number of alkyl halides is 3. The molecule has 2 amide bonds. The molecule has 0 fully saturated rings. The first-order valence-corrected chi connectivity index (χ1v) is 14.3. The van der Waals surface area contributed by atoms with E-state index in [-0.39, 0.29) is 22.5 Å². The summed E-state index contributed by atoms with van der Waals surface area (Å²) in [6.07, 6.45) is -4.05. The number of amides is 2. The summed E-state index contributed by atoms with van der Waals surface area (Å²) in [4.78, 5) is 27.5. The predicted octanol–water partition coefficient (Wildman–Crippen LogP) is 5.62. The zero-order valence-corrected chi connectivity index (χ0v) is 24.0. The third kappa shape index (κ3) is 8.65. The molecule has 0 spiro atoms. The van der Waals surface area contributed by atoms with Crippen molar-refractivity contribution in [2.45, 2.75) is 39.5 Å². The molecular weight excluding hydrogens is 590 g/mol. The average Bonchev–Trinajstić information content (AvgIpc) is 2.79. The van der Waals surface area contributed by atoms with Crippen LogP contribution in [-0.4, -0.2) is 50.5 Å². The maximum absolute atomic E-state index is 13.5. The molecule has 0 saturated carbocycles. The lowest BCUT2D eigenvalue weighted by Crippen LogP contribution is -2.51. The van der Waals surface area contributed by atoms with E-state index in [9.17, 15) is 31.2 Å². The van der Waals surface area contributed by atoms with Gasteiger partial charge in [-0.15, -0.1) is 0 Å². The van der Waals surface area contributed by atoms with Crippen molar-refractivity contribution >= 4 is 62.3 Å². The molecule has 0 saturated heterocycles. The third-order valence-electron chi connectivity index (χ3n) is 5.43. The highest BCUT2D eigenvalue weighted by Gasteiger charge is 2.34. The number of halogens is 6. The van der Waals surface area contributed by atoms with Crippen LogP contribution in [-0.2, 0) is 32.3 Å². The van der Waals surface area contributed by atoms with Gasteiger partial charge in [-0.3, -0.25) is 13.9 Å². The Labute approximate surface area is 234 Å². The summed E-state index contributed by atoms with van der Waals surface area (Å²) in [5.41, 5.74) is -1.26. The van der Waals surface area contributed by atoms with Crippen molar-refractivity contribution < 1.29 is 31.2 Å². The molecule has 2 aromatic carbocycles. The van der Waals surface area contributed by atoms with Gasteiger partial charge in [0.15, 0.2) is 0 Å². The predicted molar refractivity (Wildman–Crippen MR) is 143 cm³/mol. The second kappa shape index (κ2) is 12.8. The van der Waals surface area contributed by atoms with Crippen LogP contribution in [0.5, 0.6) is 0 Å². The van der Waals surface area contributed by atoms with Crippen LogP contribution >= 0.6 is 34.8 Å². The molecule has 0 aliphatic heterocycles. The lowest BCUT2D eigenvalue weighted by molar-refractivity contribution is -0.139. The lowest BCUT2D eigenvalue weighted by Gasteiger charge is -2.32. The molecule has 7 nitrogen and oxygen atoms in total. The van der Waals surface area contributed by atoms with Crippen molar-refractivity contribution in [2.75, 3.05) is 23.7 Å². The molecule has 0 radical (unpaired) electrons. The molecule has 1 atom stereocenters. The van der Waals surface area contributed by atoms with Gasteiger partial charge in [-0.2, -0.15) is 13.2 Å². The van der Waals surface area contributed by atoms with Gasteiger partial charge in [0.05, 0.1) is 22.5 Å². The van der Waals surface area contributed by atoms with Gasteiger partial charge in [0.2, 0.25) is 21.8 Å². The normalized spacial score (nSPS) is 12.8. The maximum atomic E-state index is 13.5. The lowest BCUT2D eigenvalue weighted by atomic mass is 10.1. The number of rotatable bonds is 10. The minimum Gasteiger partial charge on any atom is -0.354 e. The molecule has 210 valence electrons. The summed E-state index contributed by atoms with van der Waals surface area (Å²) < 4.78 is 65.7. The monoisotopic (exact) mass is 615 g/mol. The fraction of sp³-hybridized carbons (Fsp3) is 0.417. The van der Waals surface area contributed by atoms with Crippen LogP contribution in [0.25, 0.3) is 0 Å². The fourth-order valence-corrected chi connectivity index (χ4v) is 4.93. The summed E-state index contributed by atoms with van der Waals surface area (Å²) >= 11 is 18.3. The number of nitrogens with zero attached hydrogens (tertiary/aromatic N) is 2. The molecule has 2 aromatic rings. The minimum absolute atomic E-state index is 0.116. The van der Waals surface area contributed by atoms with E-state index in [1.54, 1.807) is 6.07 Å². The fourth-order valence-electron chi connectivity index (χ4n) is 3.34. The first kappa shape index (κ1) is 32.0. The summed E-state index contributed by atoms with van der Waals surface area (Å²) in [6.45, 7) is 4.39. The number of sulfonamides is 1. The van der Waals surface area contributed by atoms with Gasteiger partial charge in [0, 0.05) is 23.1 Å². The van der Waals surface area contributed by atoms with E-state index >= 15 is 0 Å². The van der Waals surface area contributed by atoms with Gasteiger partial charge < -0.3 is 10.2 Å². The van der Waals surface area contributed by atoms with Gasteiger partial charge in [-0.05, 0) is 48.7 Å². The van der Waals surface area contributed by atoms with Crippen molar-refractivity contribution in [1.29, 1.82) is 0 Å². The van der Waals surface area contributed by atoms with Crippen LogP contribution in [0.4, 0.5) is 18.9 Å². The Morgan fingerprint density at radius 1 is 1.00 bits per heavy atom. The van der Waals surface area contributed by atoms with Crippen LogP contribution in [0, 0.1) is 5.92 Å². The van der Waals surface area contributed by atoms with Gasteiger partial charge in [-0.25, -0.2) is 8.42 Å². The average molecular weight is 617 g/mol.